The first-order valence-electron chi connectivity index (χ1n) is 7.43. The molecular formula is C16H18FNO4. The van der Waals surface area contributed by atoms with E-state index >= 15 is 0 Å². The van der Waals surface area contributed by atoms with E-state index in [9.17, 15) is 19.1 Å². The molecule has 0 spiro atoms. The van der Waals surface area contributed by atoms with Crippen molar-refractivity contribution in [3.05, 3.63) is 29.6 Å². The third-order valence-electron chi connectivity index (χ3n) is 4.65. The Morgan fingerprint density at radius 1 is 1.36 bits per heavy atom. The monoisotopic (exact) mass is 307 g/mol. The van der Waals surface area contributed by atoms with Crippen LogP contribution in [0.15, 0.2) is 18.2 Å². The molecule has 1 fully saturated rings. The van der Waals surface area contributed by atoms with Crippen LogP contribution in [0, 0.1) is 11.2 Å². The molecule has 1 aromatic carbocycles. The maximum absolute atomic E-state index is 13.9. The number of carboxylic acids is 1. The number of carbonyl (C=O) groups excluding carboxylic acids is 1. The average molecular weight is 307 g/mol. The van der Waals surface area contributed by atoms with E-state index in [0.717, 1.165) is 6.42 Å². The molecule has 1 heterocycles. The highest BCUT2D eigenvalue weighted by Crippen LogP contribution is 2.44. The molecule has 0 saturated heterocycles. The van der Waals surface area contributed by atoms with E-state index < -0.39 is 17.2 Å². The predicted octanol–water partition coefficient (Wildman–Crippen LogP) is 2.19. The number of ether oxygens (including phenoxy) is 1. The molecule has 0 bridgehead atoms. The van der Waals surface area contributed by atoms with Crippen molar-refractivity contribution >= 4 is 11.9 Å². The highest BCUT2D eigenvalue weighted by Gasteiger charge is 2.46. The van der Waals surface area contributed by atoms with Crippen molar-refractivity contribution in [1.29, 1.82) is 0 Å². The van der Waals surface area contributed by atoms with Crippen molar-refractivity contribution in [2.75, 3.05) is 13.2 Å². The zero-order valence-electron chi connectivity index (χ0n) is 12.2. The Hall–Kier alpha value is -2.11. The van der Waals surface area contributed by atoms with Gasteiger partial charge in [0.15, 0.2) is 0 Å². The lowest BCUT2D eigenvalue weighted by atomic mass is 9.66. The quantitative estimate of drug-likeness (QED) is 0.929. The Balaban J connectivity index is 1.76. The number of amides is 1. The number of carboxylic acid groups (broad SMARTS) is 1. The van der Waals surface area contributed by atoms with E-state index in [1.165, 1.54) is 11.0 Å². The van der Waals surface area contributed by atoms with E-state index in [1.54, 1.807) is 12.1 Å². The molecule has 6 heteroatoms. The van der Waals surface area contributed by atoms with Gasteiger partial charge in [0.05, 0.1) is 18.5 Å². The van der Waals surface area contributed by atoms with Crippen LogP contribution in [0.3, 0.4) is 0 Å². The maximum Gasteiger partial charge on any atom is 0.310 e. The van der Waals surface area contributed by atoms with Crippen LogP contribution in [-0.4, -0.2) is 35.0 Å². The summed E-state index contributed by atoms with van der Waals surface area (Å²) in [6.07, 6.45) is 1.87. The molecule has 1 saturated carbocycles. The fourth-order valence-corrected chi connectivity index (χ4v) is 3.05. The summed E-state index contributed by atoms with van der Waals surface area (Å²) < 4.78 is 19.4. The maximum atomic E-state index is 13.9. The summed E-state index contributed by atoms with van der Waals surface area (Å²) in [6.45, 7) is 0.738. The summed E-state index contributed by atoms with van der Waals surface area (Å²) in [5.74, 6) is -1.12. The van der Waals surface area contributed by atoms with Gasteiger partial charge in [-0.3, -0.25) is 9.59 Å². The van der Waals surface area contributed by atoms with E-state index in [2.05, 4.69) is 0 Å². The van der Waals surface area contributed by atoms with Gasteiger partial charge in [0, 0.05) is 12.0 Å². The number of hydrogen-bond acceptors (Lipinski definition) is 3. The minimum atomic E-state index is -0.928. The summed E-state index contributed by atoms with van der Waals surface area (Å²) in [4.78, 5) is 25.4. The van der Waals surface area contributed by atoms with Crippen molar-refractivity contribution in [2.45, 2.75) is 32.2 Å². The van der Waals surface area contributed by atoms with Crippen molar-refractivity contribution in [2.24, 2.45) is 5.41 Å². The SMILES string of the molecule is O=C(CC1(C(=O)O)CCC1)N1CCOc2cccc(F)c2C1. The van der Waals surface area contributed by atoms with Crippen LogP contribution in [0.2, 0.25) is 0 Å². The van der Waals surface area contributed by atoms with Gasteiger partial charge in [0.1, 0.15) is 18.2 Å². The van der Waals surface area contributed by atoms with Gasteiger partial charge >= 0.3 is 5.97 Å². The zero-order valence-corrected chi connectivity index (χ0v) is 12.2. The number of nitrogens with zero attached hydrogens (tertiary/aromatic N) is 1. The van der Waals surface area contributed by atoms with E-state index in [1.807, 2.05) is 0 Å². The van der Waals surface area contributed by atoms with Gasteiger partial charge < -0.3 is 14.7 Å². The first-order valence-corrected chi connectivity index (χ1v) is 7.43. The van der Waals surface area contributed by atoms with E-state index in [-0.39, 0.29) is 25.5 Å². The van der Waals surface area contributed by atoms with Gasteiger partial charge in [-0.2, -0.15) is 0 Å². The Morgan fingerprint density at radius 3 is 2.77 bits per heavy atom. The van der Waals surface area contributed by atoms with Gasteiger partial charge in [-0.05, 0) is 25.0 Å². The van der Waals surface area contributed by atoms with Crippen LogP contribution >= 0.6 is 0 Å². The number of fused-ring (bicyclic) bond motifs is 1. The number of rotatable bonds is 3. The van der Waals surface area contributed by atoms with E-state index in [4.69, 9.17) is 4.74 Å². The number of aliphatic carboxylic acids is 1. The highest BCUT2D eigenvalue weighted by atomic mass is 19.1. The van der Waals surface area contributed by atoms with Gasteiger partial charge in [0.25, 0.3) is 0 Å². The normalized spacial score (nSPS) is 19.4. The molecule has 0 radical (unpaired) electrons. The van der Waals surface area contributed by atoms with E-state index in [0.29, 0.717) is 30.7 Å². The van der Waals surface area contributed by atoms with Gasteiger partial charge in [-0.15, -0.1) is 0 Å². The van der Waals surface area contributed by atoms with Crippen LogP contribution in [0.25, 0.3) is 0 Å². The molecule has 1 amide bonds. The molecule has 0 unspecified atom stereocenters. The molecule has 1 aromatic rings. The minimum Gasteiger partial charge on any atom is -0.491 e. The Kier molecular flexibility index (Phi) is 3.76. The van der Waals surface area contributed by atoms with Gasteiger partial charge in [-0.1, -0.05) is 12.5 Å². The van der Waals surface area contributed by atoms with Gasteiger partial charge in [-0.25, -0.2) is 4.39 Å². The number of benzene rings is 1. The molecule has 0 atom stereocenters. The summed E-state index contributed by atoms with van der Waals surface area (Å²) in [5, 5.41) is 9.33. The molecule has 1 N–H and O–H groups in total. The second-order valence-electron chi connectivity index (χ2n) is 6.00. The van der Waals surface area contributed by atoms with Crippen LogP contribution < -0.4 is 4.74 Å². The van der Waals surface area contributed by atoms with Crippen LogP contribution in [-0.2, 0) is 16.1 Å². The van der Waals surface area contributed by atoms with Crippen molar-refractivity contribution < 1.29 is 23.8 Å². The lowest BCUT2D eigenvalue weighted by molar-refractivity contribution is -0.159. The lowest BCUT2D eigenvalue weighted by Crippen LogP contribution is -2.44. The molecule has 3 rings (SSSR count). The smallest absolute Gasteiger partial charge is 0.310 e. The summed E-state index contributed by atoms with van der Waals surface area (Å²) in [5.41, 5.74) is -0.575. The zero-order chi connectivity index (χ0) is 15.7. The number of halogens is 1. The first-order chi connectivity index (χ1) is 10.5. The summed E-state index contributed by atoms with van der Waals surface area (Å²) >= 11 is 0. The molecule has 1 aliphatic heterocycles. The third-order valence-corrected chi connectivity index (χ3v) is 4.65. The van der Waals surface area contributed by atoms with Crippen molar-refractivity contribution in [1.82, 2.24) is 4.90 Å². The van der Waals surface area contributed by atoms with Crippen molar-refractivity contribution in [3.63, 3.8) is 0 Å². The predicted molar refractivity (Wildman–Crippen MR) is 75.8 cm³/mol. The molecule has 5 nitrogen and oxygen atoms in total. The largest absolute Gasteiger partial charge is 0.491 e. The van der Waals surface area contributed by atoms with Crippen LogP contribution in [0.4, 0.5) is 4.39 Å². The third kappa shape index (κ3) is 2.53. The minimum absolute atomic E-state index is 0.0217. The Labute approximate surface area is 127 Å². The fourth-order valence-electron chi connectivity index (χ4n) is 3.05. The number of hydrogen-bond donors (Lipinski definition) is 1. The topological polar surface area (TPSA) is 66.8 Å². The van der Waals surface area contributed by atoms with Crippen LogP contribution in [0.1, 0.15) is 31.2 Å². The molecule has 22 heavy (non-hydrogen) atoms. The molecule has 118 valence electrons. The Bertz CT molecular complexity index is 612. The average Bonchev–Trinajstić information content (AvgIpc) is 2.65. The fraction of sp³-hybridized carbons (Fsp3) is 0.500. The summed E-state index contributed by atoms with van der Waals surface area (Å²) in [7, 11) is 0. The Morgan fingerprint density at radius 2 is 2.14 bits per heavy atom. The first kappa shape index (κ1) is 14.8. The van der Waals surface area contributed by atoms with Gasteiger partial charge in [0.2, 0.25) is 5.91 Å². The molecule has 0 aromatic heterocycles. The highest BCUT2D eigenvalue weighted by molar-refractivity contribution is 5.85. The second kappa shape index (κ2) is 5.59. The number of carbonyl (C=O) groups is 2. The molecule has 2 aliphatic rings. The van der Waals surface area contributed by atoms with Crippen LogP contribution in [0.5, 0.6) is 5.75 Å². The summed E-state index contributed by atoms with van der Waals surface area (Å²) in [6, 6.07) is 4.58. The second-order valence-corrected chi connectivity index (χ2v) is 6.00. The standard InChI is InChI=1S/C16H18FNO4/c17-12-3-1-4-13-11(12)10-18(7-8-22-13)14(19)9-16(15(20)21)5-2-6-16/h1,3-4H,2,5-10H2,(H,20,21). The molecular weight excluding hydrogens is 289 g/mol. The molecule has 1 aliphatic carbocycles. The lowest BCUT2D eigenvalue weighted by Gasteiger charge is -2.38. The van der Waals surface area contributed by atoms with Crippen molar-refractivity contribution in [3.8, 4) is 5.75 Å².